The molecule has 0 radical (unpaired) electrons. The molecule has 3 atom stereocenters. The maximum atomic E-state index is 12.2. The summed E-state index contributed by atoms with van der Waals surface area (Å²) in [4.78, 5) is 35.4. The van der Waals surface area contributed by atoms with E-state index in [9.17, 15) is 14.4 Å². The molecule has 25 heavy (non-hydrogen) atoms. The van der Waals surface area contributed by atoms with Gasteiger partial charge in [-0.1, -0.05) is 12.8 Å². The molecule has 2 aliphatic rings. The maximum absolute atomic E-state index is 12.2. The van der Waals surface area contributed by atoms with E-state index in [0.717, 1.165) is 25.7 Å². The summed E-state index contributed by atoms with van der Waals surface area (Å²) in [7, 11) is 0. The Morgan fingerprint density at radius 3 is 2.28 bits per heavy atom. The van der Waals surface area contributed by atoms with Gasteiger partial charge in [-0.2, -0.15) is 0 Å². The fourth-order valence-corrected chi connectivity index (χ4v) is 3.51. The Bertz CT molecular complexity index is 659. The molecule has 0 unspecified atom stereocenters. The molecule has 4 N–H and O–H groups in total. The van der Waals surface area contributed by atoms with Crippen LogP contribution in [0.25, 0.3) is 0 Å². The quantitative estimate of drug-likeness (QED) is 0.663. The van der Waals surface area contributed by atoms with E-state index in [2.05, 4.69) is 21.3 Å². The molecule has 1 aromatic rings. The summed E-state index contributed by atoms with van der Waals surface area (Å²) in [5, 5.41) is 11.8. The Balaban J connectivity index is 1.53. The molecule has 1 saturated heterocycles. The number of piperazine rings is 1. The number of nitrogens with one attached hydrogen (secondary N) is 4. The molecule has 7 heteroatoms. The van der Waals surface area contributed by atoms with Crippen LogP contribution in [-0.4, -0.2) is 35.8 Å². The second-order valence-corrected chi connectivity index (χ2v) is 6.74. The number of carbonyl (C=O) groups excluding carboxylic acids is 3. The molecule has 0 aromatic heterocycles. The topological polar surface area (TPSA) is 99.3 Å². The highest BCUT2D eigenvalue weighted by atomic mass is 16.2. The first kappa shape index (κ1) is 17.4. The minimum absolute atomic E-state index is 0.0979. The van der Waals surface area contributed by atoms with E-state index in [4.69, 9.17) is 0 Å². The van der Waals surface area contributed by atoms with Crippen molar-refractivity contribution in [2.75, 3.05) is 10.6 Å². The first-order valence-electron chi connectivity index (χ1n) is 8.75. The van der Waals surface area contributed by atoms with Crippen LogP contribution in [0.5, 0.6) is 0 Å². The van der Waals surface area contributed by atoms with E-state index in [-0.39, 0.29) is 36.2 Å². The Labute approximate surface area is 146 Å². The van der Waals surface area contributed by atoms with Crippen LogP contribution in [0.4, 0.5) is 11.4 Å². The van der Waals surface area contributed by atoms with Gasteiger partial charge >= 0.3 is 0 Å². The highest BCUT2D eigenvalue weighted by Gasteiger charge is 2.36. The molecule has 1 aliphatic carbocycles. The van der Waals surface area contributed by atoms with Gasteiger partial charge in [-0.3, -0.25) is 14.4 Å². The number of carbonyl (C=O) groups is 3. The van der Waals surface area contributed by atoms with E-state index < -0.39 is 6.04 Å². The third-order valence-corrected chi connectivity index (χ3v) is 4.70. The van der Waals surface area contributed by atoms with Crippen LogP contribution in [0.1, 0.15) is 39.0 Å². The smallest absolute Gasteiger partial charge is 0.237 e. The highest BCUT2D eigenvalue weighted by molar-refractivity contribution is 5.96. The molecule has 0 spiro atoms. The van der Waals surface area contributed by atoms with Gasteiger partial charge in [0.05, 0.1) is 12.5 Å². The average Bonchev–Trinajstić information content (AvgIpc) is 2.57. The van der Waals surface area contributed by atoms with Crippen molar-refractivity contribution < 1.29 is 14.4 Å². The lowest BCUT2D eigenvalue weighted by atomic mass is 9.87. The third-order valence-electron chi connectivity index (χ3n) is 4.70. The first-order chi connectivity index (χ1) is 12.0. The summed E-state index contributed by atoms with van der Waals surface area (Å²) in [6.45, 7) is 1.44. The van der Waals surface area contributed by atoms with Crippen molar-refractivity contribution in [1.82, 2.24) is 10.6 Å². The number of hydrogen-bond donors (Lipinski definition) is 4. The molecule has 3 rings (SSSR count). The van der Waals surface area contributed by atoms with Crippen molar-refractivity contribution in [2.24, 2.45) is 0 Å². The Kier molecular flexibility index (Phi) is 5.33. The molecule has 1 aliphatic heterocycles. The molecule has 2 fully saturated rings. The van der Waals surface area contributed by atoms with Gasteiger partial charge < -0.3 is 21.3 Å². The van der Waals surface area contributed by atoms with Gasteiger partial charge in [-0.05, 0) is 37.1 Å². The lowest BCUT2D eigenvalue weighted by molar-refractivity contribution is -0.129. The number of benzene rings is 1. The summed E-state index contributed by atoms with van der Waals surface area (Å²) >= 11 is 0. The molecule has 1 saturated carbocycles. The standard InChI is InChI=1S/C18H24N4O3/c1-11(23)19-12-6-8-13(9-7-12)20-17(24)10-16-18(25)22-15-5-3-2-4-14(15)21-16/h6-9,14-16,21H,2-5,10H2,1H3,(H,19,23)(H,20,24)(H,22,25)/t14-,15-,16+/m1/s1. The molecule has 3 amide bonds. The van der Waals surface area contributed by atoms with Gasteiger partial charge in [0.15, 0.2) is 0 Å². The van der Waals surface area contributed by atoms with Crippen LogP contribution in [-0.2, 0) is 14.4 Å². The molecule has 0 bridgehead atoms. The molecule has 1 heterocycles. The van der Waals surface area contributed by atoms with E-state index in [1.807, 2.05) is 0 Å². The summed E-state index contributed by atoms with van der Waals surface area (Å²) in [5.41, 5.74) is 1.30. The molecule has 1 aromatic carbocycles. The molecular formula is C18H24N4O3. The molecule has 7 nitrogen and oxygen atoms in total. The highest BCUT2D eigenvalue weighted by Crippen LogP contribution is 2.22. The van der Waals surface area contributed by atoms with Gasteiger partial charge in [0.25, 0.3) is 0 Å². The summed E-state index contributed by atoms with van der Waals surface area (Å²) in [6.07, 6.45) is 4.44. The lowest BCUT2D eigenvalue weighted by Crippen LogP contribution is -2.65. The fraction of sp³-hybridized carbons (Fsp3) is 0.500. The fourth-order valence-electron chi connectivity index (χ4n) is 3.51. The van der Waals surface area contributed by atoms with Gasteiger partial charge in [-0.25, -0.2) is 0 Å². The summed E-state index contributed by atoms with van der Waals surface area (Å²) in [5.74, 6) is -0.458. The van der Waals surface area contributed by atoms with Crippen molar-refractivity contribution in [2.45, 2.75) is 57.2 Å². The van der Waals surface area contributed by atoms with Crippen molar-refractivity contribution >= 4 is 29.1 Å². The van der Waals surface area contributed by atoms with Gasteiger partial charge in [-0.15, -0.1) is 0 Å². The monoisotopic (exact) mass is 344 g/mol. The Hall–Kier alpha value is -2.41. The number of rotatable bonds is 4. The number of anilines is 2. The lowest BCUT2D eigenvalue weighted by Gasteiger charge is -2.40. The maximum Gasteiger partial charge on any atom is 0.237 e. The molecule has 134 valence electrons. The number of hydrogen-bond acceptors (Lipinski definition) is 4. The van der Waals surface area contributed by atoms with E-state index in [1.165, 1.54) is 6.92 Å². The van der Waals surface area contributed by atoms with Gasteiger partial charge in [0, 0.05) is 30.4 Å². The minimum Gasteiger partial charge on any atom is -0.350 e. The SMILES string of the molecule is CC(=O)Nc1ccc(NC(=O)C[C@@H]2N[C@@H]3CCCC[C@H]3NC2=O)cc1. The zero-order valence-electron chi connectivity index (χ0n) is 14.3. The zero-order chi connectivity index (χ0) is 17.8. The summed E-state index contributed by atoms with van der Waals surface area (Å²) in [6, 6.07) is 6.84. The van der Waals surface area contributed by atoms with Gasteiger partial charge in [0.1, 0.15) is 0 Å². The second kappa shape index (κ2) is 7.65. The van der Waals surface area contributed by atoms with Crippen LogP contribution in [0.3, 0.4) is 0 Å². The largest absolute Gasteiger partial charge is 0.350 e. The Morgan fingerprint density at radius 2 is 1.64 bits per heavy atom. The van der Waals surface area contributed by atoms with E-state index in [0.29, 0.717) is 11.4 Å². The Morgan fingerprint density at radius 1 is 1.04 bits per heavy atom. The van der Waals surface area contributed by atoms with Crippen LogP contribution in [0.2, 0.25) is 0 Å². The van der Waals surface area contributed by atoms with Gasteiger partial charge in [0.2, 0.25) is 17.7 Å². The van der Waals surface area contributed by atoms with E-state index >= 15 is 0 Å². The predicted octanol–water partition coefficient (Wildman–Crippen LogP) is 1.37. The number of amides is 3. The third kappa shape index (κ3) is 4.57. The van der Waals surface area contributed by atoms with Crippen LogP contribution < -0.4 is 21.3 Å². The predicted molar refractivity (Wildman–Crippen MR) is 95.1 cm³/mol. The van der Waals surface area contributed by atoms with Crippen LogP contribution in [0.15, 0.2) is 24.3 Å². The molecular weight excluding hydrogens is 320 g/mol. The minimum atomic E-state index is -0.488. The summed E-state index contributed by atoms with van der Waals surface area (Å²) < 4.78 is 0. The van der Waals surface area contributed by atoms with Crippen LogP contribution >= 0.6 is 0 Å². The zero-order valence-corrected chi connectivity index (χ0v) is 14.3. The van der Waals surface area contributed by atoms with Crippen molar-refractivity contribution in [3.05, 3.63) is 24.3 Å². The van der Waals surface area contributed by atoms with Crippen molar-refractivity contribution in [3.63, 3.8) is 0 Å². The normalized spacial score (nSPS) is 25.5. The van der Waals surface area contributed by atoms with E-state index in [1.54, 1.807) is 24.3 Å². The second-order valence-electron chi connectivity index (χ2n) is 6.74. The van der Waals surface area contributed by atoms with Crippen LogP contribution in [0, 0.1) is 0 Å². The number of fused-ring (bicyclic) bond motifs is 1. The van der Waals surface area contributed by atoms with Crippen molar-refractivity contribution in [3.8, 4) is 0 Å². The average molecular weight is 344 g/mol. The first-order valence-corrected chi connectivity index (χ1v) is 8.75. The van der Waals surface area contributed by atoms with Crippen molar-refractivity contribution in [1.29, 1.82) is 0 Å².